The van der Waals surface area contributed by atoms with Crippen LogP contribution in [-0.2, 0) is 4.74 Å². The first-order valence-electron chi connectivity index (χ1n) is 6.77. The maximum absolute atomic E-state index is 12.0. The summed E-state index contributed by atoms with van der Waals surface area (Å²) in [6.07, 6.45) is -0.585. The Morgan fingerprint density at radius 3 is 2.86 bits per heavy atom. The van der Waals surface area contributed by atoms with Crippen molar-refractivity contribution in [3.8, 4) is 0 Å². The summed E-state index contributed by atoms with van der Waals surface area (Å²) >= 11 is 8.01. The van der Waals surface area contributed by atoms with E-state index in [1.54, 1.807) is 18.2 Å². The molecule has 1 aromatic rings. The van der Waals surface area contributed by atoms with Gasteiger partial charge in [-0.2, -0.15) is 0 Å². The minimum atomic E-state index is -0.585. The quantitative estimate of drug-likeness (QED) is 0.701. The number of benzene rings is 1. The van der Waals surface area contributed by atoms with Gasteiger partial charge in [-0.15, -0.1) is 0 Å². The third-order valence-corrected chi connectivity index (χ3v) is 4.79. The fourth-order valence-corrected chi connectivity index (χ4v) is 2.73. The summed E-state index contributed by atoms with van der Waals surface area (Å²) in [6, 6.07) is 5.10. The van der Waals surface area contributed by atoms with Crippen LogP contribution >= 0.6 is 34.2 Å². The van der Waals surface area contributed by atoms with Gasteiger partial charge in [-0.25, -0.2) is 0 Å². The number of aliphatic hydroxyl groups is 1. The lowest BCUT2D eigenvalue weighted by Crippen LogP contribution is -2.44. The lowest BCUT2D eigenvalue weighted by Gasteiger charge is -2.28. The topological polar surface area (TPSA) is 61.8 Å². The van der Waals surface area contributed by atoms with Crippen molar-refractivity contribution in [1.82, 2.24) is 10.2 Å². The third-order valence-electron chi connectivity index (χ3n) is 3.25. The molecule has 1 heterocycles. The maximum atomic E-state index is 12.0. The minimum absolute atomic E-state index is 0.203. The first-order valence-corrected chi connectivity index (χ1v) is 8.23. The Morgan fingerprint density at radius 1 is 1.48 bits per heavy atom. The molecule has 1 atom stereocenters. The molecule has 5 nitrogen and oxygen atoms in total. The normalized spacial score (nSPS) is 17.5. The van der Waals surface area contributed by atoms with E-state index < -0.39 is 6.10 Å². The number of rotatable bonds is 5. The van der Waals surface area contributed by atoms with Gasteiger partial charge in [0.1, 0.15) is 0 Å². The van der Waals surface area contributed by atoms with E-state index in [1.165, 1.54) is 0 Å². The predicted molar refractivity (Wildman–Crippen MR) is 89.8 cm³/mol. The molecule has 1 amide bonds. The molecular weight excluding hydrogens is 407 g/mol. The van der Waals surface area contributed by atoms with Crippen molar-refractivity contribution < 1.29 is 14.6 Å². The predicted octanol–water partition coefficient (Wildman–Crippen LogP) is 1.37. The number of morpholine rings is 1. The summed E-state index contributed by atoms with van der Waals surface area (Å²) < 4.78 is 6.08. The molecule has 0 spiro atoms. The van der Waals surface area contributed by atoms with Gasteiger partial charge in [-0.05, 0) is 40.8 Å². The van der Waals surface area contributed by atoms with Crippen LogP contribution in [0.15, 0.2) is 18.2 Å². The molecule has 2 rings (SSSR count). The SMILES string of the molecule is O=C(NCC(O)CN1CCOCC1)c1ccc(Cl)c(I)c1. The molecule has 1 aliphatic rings. The van der Waals surface area contributed by atoms with Gasteiger partial charge in [0.25, 0.3) is 5.91 Å². The van der Waals surface area contributed by atoms with E-state index in [4.69, 9.17) is 16.3 Å². The number of ether oxygens (including phenoxy) is 1. The van der Waals surface area contributed by atoms with Gasteiger partial charge < -0.3 is 15.2 Å². The number of amides is 1. The summed E-state index contributed by atoms with van der Waals surface area (Å²) in [6.45, 7) is 3.81. The largest absolute Gasteiger partial charge is 0.390 e. The molecule has 2 N–H and O–H groups in total. The Kier molecular flexibility index (Phi) is 6.69. The molecule has 1 aliphatic heterocycles. The van der Waals surface area contributed by atoms with Crippen LogP contribution in [0.1, 0.15) is 10.4 Å². The van der Waals surface area contributed by atoms with E-state index in [0.29, 0.717) is 30.3 Å². The maximum Gasteiger partial charge on any atom is 0.251 e. The Labute approximate surface area is 142 Å². The zero-order chi connectivity index (χ0) is 15.2. The van der Waals surface area contributed by atoms with Gasteiger partial charge in [0.2, 0.25) is 0 Å². The molecule has 116 valence electrons. The van der Waals surface area contributed by atoms with Gasteiger partial charge in [0, 0.05) is 35.3 Å². The molecule has 0 saturated carbocycles. The highest BCUT2D eigenvalue weighted by Crippen LogP contribution is 2.19. The van der Waals surface area contributed by atoms with E-state index >= 15 is 0 Å². The van der Waals surface area contributed by atoms with Gasteiger partial charge in [0.05, 0.1) is 24.3 Å². The van der Waals surface area contributed by atoms with E-state index in [2.05, 4.69) is 32.8 Å². The van der Waals surface area contributed by atoms with Crippen molar-refractivity contribution in [2.45, 2.75) is 6.10 Å². The highest BCUT2D eigenvalue weighted by Gasteiger charge is 2.16. The first-order chi connectivity index (χ1) is 10.1. The van der Waals surface area contributed by atoms with Crippen LogP contribution in [0.5, 0.6) is 0 Å². The molecular formula is C14H18ClIN2O3. The van der Waals surface area contributed by atoms with E-state index in [-0.39, 0.29) is 12.5 Å². The van der Waals surface area contributed by atoms with Crippen molar-refractivity contribution in [3.05, 3.63) is 32.4 Å². The second kappa shape index (κ2) is 8.28. The number of β-amino-alcohol motifs (C(OH)–C–C–N with tert-alkyl or cyclic N) is 1. The zero-order valence-corrected chi connectivity index (χ0v) is 14.4. The molecule has 0 radical (unpaired) electrons. The highest BCUT2D eigenvalue weighted by molar-refractivity contribution is 14.1. The van der Waals surface area contributed by atoms with E-state index in [9.17, 15) is 9.90 Å². The number of aliphatic hydroxyl groups excluding tert-OH is 1. The smallest absolute Gasteiger partial charge is 0.251 e. The van der Waals surface area contributed by atoms with Gasteiger partial charge in [0.15, 0.2) is 0 Å². The average Bonchev–Trinajstić information content (AvgIpc) is 2.48. The molecule has 0 aromatic heterocycles. The lowest BCUT2D eigenvalue weighted by molar-refractivity contribution is 0.0149. The van der Waals surface area contributed by atoms with Crippen LogP contribution in [0.2, 0.25) is 5.02 Å². The minimum Gasteiger partial charge on any atom is -0.390 e. The molecule has 1 saturated heterocycles. The Bertz CT molecular complexity index is 495. The Hall–Kier alpha value is -0.410. The Morgan fingerprint density at radius 2 is 2.19 bits per heavy atom. The standard InChI is InChI=1S/C14H18ClIN2O3/c15-12-2-1-10(7-13(12)16)14(20)17-8-11(19)9-18-3-5-21-6-4-18/h1-2,7,11,19H,3-6,8-9H2,(H,17,20). The summed E-state index contributed by atoms with van der Waals surface area (Å²) in [4.78, 5) is 14.1. The number of carbonyl (C=O) groups excluding carboxylic acids is 1. The lowest BCUT2D eigenvalue weighted by atomic mass is 10.2. The van der Waals surface area contributed by atoms with Crippen LogP contribution in [0.3, 0.4) is 0 Å². The van der Waals surface area contributed by atoms with E-state index in [0.717, 1.165) is 16.7 Å². The number of nitrogens with zero attached hydrogens (tertiary/aromatic N) is 1. The average molecular weight is 425 g/mol. The van der Waals surface area contributed by atoms with Crippen LogP contribution < -0.4 is 5.32 Å². The highest BCUT2D eigenvalue weighted by atomic mass is 127. The van der Waals surface area contributed by atoms with Crippen molar-refractivity contribution >= 4 is 40.1 Å². The second-order valence-corrected chi connectivity index (χ2v) is 6.48. The number of halogens is 2. The number of carbonyl (C=O) groups is 1. The number of hydrogen-bond donors (Lipinski definition) is 2. The molecule has 0 bridgehead atoms. The summed E-state index contributed by atoms with van der Waals surface area (Å²) in [5.41, 5.74) is 0.544. The molecule has 7 heteroatoms. The second-order valence-electron chi connectivity index (χ2n) is 4.91. The fourth-order valence-electron chi connectivity index (χ4n) is 2.10. The summed E-state index contributed by atoms with van der Waals surface area (Å²) in [7, 11) is 0. The summed E-state index contributed by atoms with van der Waals surface area (Å²) in [5, 5.41) is 13.3. The summed E-state index contributed by atoms with van der Waals surface area (Å²) in [5.74, 6) is -0.203. The van der Waals surface area contributed by atoms with Crippen molar-refractivity contribution in [3.63, 3.8) is 0 Å². The van der Waals surface area contributed by atoms with Crippen molar-refractivity contribution in [2.24, 2.45) is 0 Å². The van der Waals surface area contributed by atoms with Crippen molar-refractivity contribution in [2.75, 3.05) is 39.4 Å². The Balaban J connectivity index is 1.78. The third kappa shape index (κ3) is 5.37. The first kappa shape index (κ1) is 17.0. The molecule has 1 unspecified atom stereocenters. The molecule has 1 aromatic carbocycles. The van der Waals surface area contributed by atoms with Gasteiger partial charge in [-0.3, -0.25) is 9.69 Å². The van der Waals surface area contributed by atoms with Gasteiger partial charge in [-0.1, -0.05) is 11.6 Å². The van der Waals surface area contributed by atoms with Crippen LogP contribution in [0.25, 0.3) is 0 Å². The van der Waals surface area contributed by atoms with Gasteiger partial charge >= 0.3 is 0 Å². The monoisotopic (exact) mass is 424 g/mol. The van der Waals surface area contributed by atoms with Crippen LogP contribution in [0, 0.1) is 3.57 Å². The van der Waals surface area contributed by atoms with Crippen LogP contribution in [-0.4, -0.2) is 61.4 Å². The molecule has 21 heavy (non-hydrogen) atoms. The van der Waals surface area contributed by atoms with E-state index in [1.807, 2.05) is 0 Å². The fraction of sp³-hybridized carbons (Fsp3) is 0.500. The zero-order valence-electron chi connectivity index (χ0n) is 11.5. The molecule has 1 fully saturated rings. The number of nitrogens with one attached hydrogen (secondary N) is 1. The number of hydrogen-bond acceptors (Lipinski definition) is 4. The van der Waals surface area contributed by atoms with Crippen molar-refractivity contribution in [1.29, 1.82) is 0 Å². The van der Waals surface area contributed by atoms with Crippen LogP contribution in [0.4, 0.5) is 0 Å². The molecule has 0 aliphatic carbocycles.